The summed E-state index contributed by atoms with van der Waals surface area (Å²) in [4.78, 5) is 14.2. The molecule has 1 aliphatic rings. The molecule has 0 N–H and O–H groups in total. The van der Waals surface area contributed by atoms with Gasteiger partial charge in [-0.3, -0.25) is 9.69 Å². The van der Waals surface area contributed by atoms with E-state index in [1.54, 1.807) is 0 Å². The molecule has 0 unspecified atom stereocenters. The first kappa shape index (κ1) is 14.1. The van der Waals surface area contributed by atoms with Crippen molar-refractivity contribution in [2.75, 3.05) is 26.2 Å². The number of likely N-dealkylation sites (tertiary alicyclic amines) is 1. The van der Waals surface area contributed by atoms with E-state index in [1.807, 2.05) is 38.1 Å². The van der Waals surface area contributed by atoms with Crippen molar-refractivity contribution in [1.29, 1.82) is 0 Å². The molecule has 1 aromatic carbocycles. The summed E-state index contributed by atoms with van der Waals surface area (Å²) in [5, 5.41) is 0. The summed E-state index contributed by atoms with van der Waals surface area (Å²) in [5.41, 5.74) is 0.766. The topological polar surface area (TPSA) is 29.5 Å². The van der Waals surface area contributed by atoms with Gasteiger partial charge in [0, 0.05) is 18.0 Å². The predicted octanol–water partition coefficient (Wildman–Crippen LogP) is 3.00. The average Bonchev–Trinajstić information content (AvgIpc) is 2.92. The smallest absolute Gasteiger partial charge is 0.165 e. The van der Waals surface area contributed by atoms with Gasteiger partial charge in [-0.2, -0.15) is 0 Å². The zero-order valence-electron chi connectivity index (χ0n) is 11.9. The van der Waals surface area contributed by atoms with Crippen LogP contribution in [0.5, 0.6) is 5.75 Å². The molecule has 1 heterocycles. The first-order valence-corrected chi connectivity index (χ1v) is 7.16. The molecule has 1 aliphatic heterocycles. The van der Waals surface area contributed by atoms with E-state index < -0.39 is 0 Å². The number of rotatable bonds is 6. The van der Waals surface area contributed by atoms with E-state index >= 15 is 0 Å². The predicted molar refractivity (Wildman–Crippen MR) is 76.8 cm³/mol. The highest BCUT2D eigenvalue weighted by Gasteiger charge is 2.11. The van der Waals surface area contributed by atoms with Crippen molar-refractivity contribution in [2.24, 2.45) is 5.92 Å². The Morgan fingerprint density at radius 2 is 1.84 bits per heavy atom. The SMILES string of the molecule is CC(C)C(=O)c1ccc(OCCN2CCCC2)cc1. The van der Waals surface area contributed by atoms with Crippen LogP contribution in [0.3, 0.4) is 0 Å². The van der Waals surface area contributed by atoms with Gasteiger partial charge < -0.3 is 4.74 Å². The molecule has 2 rings (SSSR count). The van der Waals surface area contributed by atoms with E-state index in [0.29, 0.717) is 0 Å². The quantitative estimate of drug-likeness (QED) is 0.737. The van der Waals surface area contributed by atoms with Crippen molar-refractivity contribution in [3.63, 3.8) is 0 Å². The molecule has 3 heteroatoms. The van der Waals surface area contributed by atoms with Gasteiger partial charge in [-0.15, -0.1) is 0 Å². The fourth-order valence-electron chi connectivity index (χ4n) is 2.35. The molecule has 0 radical (unpaired) electrons. The van der Waals surface area contributed by atoms with Crippen molar-refractivity contribution in [3.8, 4) is 5.75 Å². The van der Waals surface area contributed by atoms with Gasteiger partial charge in [0.25, 0.3) is 0 Å². The van der Waals surface area contributed by atoms with E-state index in [0.717, 1.165) is 24.5 Å². The second-order valence-electron chi connectivity index (χ2n) is 5.44. The highest BCUT2D eigenvalue weighted by Crippen LogP contribution is 2.15. The Labute approximate surface area is 115 Å². The molecule has 1 aromatic rings. The highest BCUT2D eigenvalue weighted by molar-refractivity contribution is 5.97. The summed E-state index contributed by atoms with van der Waals surface area (Å²) in [7, 11) is 0. The van der Waals surface area contributed by atoms with Crippen LogP contribution in [-0.2, 0) is 0 Å². The number of hydrogen-bond acceptors (Lipinski definition) is 3. The van der Waals surface area contributed by atoms with Crippen molar-refractivity contribution < 1.29 is 9.53 Å². The molecule has 19 heavy (non-hydrogen) atoms. The van der Waals surface area contributed by atoms with Gasteiger partial charge in [0.1, 0.15) is 12.4 Å². The van der Waals surface area contributed by atoms with E-state index in [-0.39, 0.29) is 11.7 Å². The number of benzene rings is 1. The van der Waals surface area contributed by atoms with Crippen LogP contribution < -0.4 is 4.74 Å². The lowest BCUT2D eigenvalue weighted by Crippen LogP contribution is -2.25. The van der Waals surface area contributed by atoms with Gasteiger partial charge in [-0.1, -0.05) is 13.8 Å². The summed E-state index contributed by atoms with van der Waals surface area (Å²) >= 11 is 0. The van der Waals surface area contributed by atoms with Crippen LogP contribution in [0.4, 0.5) is 0 Å². The third-order valence-corrected chi connectivity index (χ3v) is 3.54. The van der Waals surface area contributed by atoms with Gasteiger partial charge in [-0.05, 0) is 50.2 Å². The standard InChI is InChI=1S/C16H23NO2/c1-13(2)16(18)14-5-7-15(8-6-14)19-12-11-17-9-3-4-10-17/h5-8,13H,3-4,9-12H2,1-2H3. The lowest BCUT2D eigenvalue weighted by atomic mass is 10.0. The Morgan fingerprint density at radius 1 is 1.21 bits per heavy atom. The number of ether oxygens (including phenoxy) is 1. The van der Waals surface area contributed by atoms with Crippen LogP contribution >= 0.6 is 0 Å². The van der Waals surface area contributed by atoms with Gasteiger partial charge in [0.05, 0.1) is 0 Å². The summed E-state index contributed by atoms with van der Waals surface area (Å²) in [6.45, 7) is 7.95. The number of nitrogens with zero attached hydrogens (tertiary/aromatic N) is 1. The van der Waals surface area contributed by atoms with Gasteiger partial charge in [-0.25, -0.2) is 0 Å². The number of ketones is 1. The molecule has 104 valence electrons. The van der Waals surface area contributed by atoms with E-state index in [2.05, 4.69) is 4.90 Å². The Balaban J connectivity index is 1.79. The molecule has 0 bridgehead atoms. The van der Waals surface area contributed by atoms with E-state index in [4.69, 9.17) is 4.74 Å². The number of carbonyl (C=O) groups excluding carboxylic acids is 1. The Hall–Kier alpha value is -1.35. The number of Topliss-reactive ketones (excluding diaryl/α,β-unsaturated/α-hetero) is 1. The van der Waals surface area contributed by atoms with Crippen molar-refractivity contribution in [2.45, 2.75) is 26.7 Å². The number of hydrogen-bond donors (Lipinski definition) is 0. The molecular formula is C16H23NO2. The van der Waals surface area contributed by atoms with E-state index in [1.165, 1.54) is 25.9 Å². The van der Waals surface area contributed by atoms with Crippen LogP contribution in [0.25, 0.3) is 0 Å². The Kier molecular flexibility index (Phi) is 4.97. The second kappa shape index (κ2) is 6.71. The zero-order chi connectivity index (χ0) is 13.7. The second-order valence-corrected chi connectivity index (χ2v) is 5.44. The fourth-order valence-corrected chi connectivity index (χ4v) is 2.35. The molecule has 1 fully saturated rings. The lowest BCUT2D eigenvalue weighted by Gasteiger charge is -2.15. The number of carbonyl (C=O) groups is 1. The molecule has 3 nitrogen and oxygen atoms in total. The monoisotopic (exact) mass is 261 g/mol. The third kappa shape index (κ3) is 4.06. The highest BCUT2D eigenvalue weighted by atomic mass is 16.5. The normalized spacial score (nSPS) is 15.9. The van der Waals surface area contributed by atoms with E-state index in [9.17, 15) is 4.79 Å². The van der Waals surface area contributed by atoms with Crippen molar-refractivity contribution >= 4 is 5.78 Å². The molecule has 0 spiro atoms. The van der Waals surface area contributed by atoms with Gasteiger partial charge >= 0.3 is 0 Å². The van der Waals surface area contributed by atoms with Gasteiger partial charge in [0.2, 0.25) is 0 Å². The molecule has 0 saturated carbocycles. The minimum atomic E-state index is 0.0435. The molecule has 0 amide bonds. The van der Waals surface area contributed by atoms with Crippen molar-refractivity contribution in [3.05, 3.63) is 29.8 Å². The molecule has 0 atom stereocenters. The summed E-state index contributed by atoms with van der Waals surface area (Å²) in [5.74, 6) is 1.07. The third-order valence-electron chi connectivity index (χ3n) is 3.54. The summed E-state index contributed by atoms with van der Waals surface area (Å²) in [6.07, 6.45) is 2.62. The van der Waals surface area contributed by atoms with Gasteiger partial charge in [0.15, 0.2) is 5.78 Å². The molecule has 0 aliphatic carbocycles. The first-order chi connectivity index (χ1) is 9.16. The first-order valence-electron chi connectivity index (χ1n) is 7.16. The maximum absolute atomic E-state index is 11.8. The lowest BCUT2D eigenvalue weighted by molar-refractivity contribution is 0.0939. The Morgan fingerprint density at radius 3 is 2.42 bits per heavy atom. The summed E-state index contributed by atoms with van der Waals surface area (Å²) < 4.78 is 5.71. The largest absolute Gasteiger partial charge is 0.492 e. The van der Waals surface area contributed by atoms with Crippen molar-refractivity contribution in [1.82, 2.24) is 4.90 Å². The Bertz CT molecular complexity index is 405. The zero-order valence-corrected chi connectivity index (χ0v) is 11.9. The molecule has 1 saturated heterocycles. The maximum Gasteiger partial charge on any atom is 0.165 e. The van der Waals surface area contributed by atoms with Crippen LogP contribution in [0, 0.1) is 5.92 Å². The minimum absolute atomic E-state index is 0.0435. The molecule has 0 aromatic heterocycles. The van der Waals surface area contributed by atoms with Crippen LogP contribution in [0.2, 0.25) is 0 Å². The minimum Gasteiger partial charge on any atom is -0.492 e. The maximum atomic E-state index is 11.8. The summed E-state index contributed by atoms with van der Waals surface area (Å²) in [6, 6.07) is 7.49. The van der Waals surface area contributed by atoms with Crippen LogP contribution in [0.15, 0.2) is 24.3 Å². The van der Waals surface area contributed by atoms with Crippen LogP contribution in [0.1, 0.15) is 37.0 Å². The van der Waals surface area contributed by atoms with Crippen LogP contribution in [-0.4, -0.2) is 36.9 Å². The molecular weight excluding hydrogens is 238 g/mol. The fraction of sp³-hybridized carbons (Fsp3) is 0.562. The average molecular weight is 261 g/mol.